The molecule has 0 spiro atoms. The molecule has 2 aliphatic carbocycles. The standard InChI is InChI=1S/C15H13F3O2/c16-15(17,18)11-3-1-2-8(7-11)12-9-4-5-10(6-9)13(12)14(19)20/h1-5,7,9-10,12-13H,6H2,(H,19,20). The van der Waals surface area contributed by atoms with Crippen LogP contribution in [0.15, 0.2) is 36.4 Å². The molecule has 0 radical (unpaired) electrons. The summed E-state index contributed by atoms with van der Waals surface area (Å²) in [5.41, 5.74) is -0.241. The number of allylic oxidation sites excluding steroid dienone is 2. The van der Waals surface area contributed by atoms with E-state index < -0.39 is 23.6 Å². The van der Waals surface area contributed by atoms with Crippen LogP contribution < -0.4 is 0 Å². The summed E-state index contributed by atoms with van der Waals surface area (Å²) in [5, 5.41) is 9.34. The van der Waals surface area contributed by atoms with Gasteiger partial charge in [-0.1, -0.05) is 30.4 Å². The molecule has 0 heterocycles. The molecule has 2 aliphatic rings. The van der Waals surface area contributed by atoms with Crippen molar-refractivity contribution in [3.8, 4) is 0 Å². The number of carboxylic acid groups (broad SMARTS) is 1. The van der Waals surface area contributed by atoms with Gasteiger partial charge >= 0.3 is 12.1 Å². The molecule has 4 atom stereocenters. The largest absolute Gasteiger partial charge is 0.481 e. The highest BCUT2D eigenvalue weighted by molar-refractivity contribution is 5.73. The Balaban J connectivity index is 2.00. The molecule has 0 aromatic heterocycles. The summed E-state index contributed by atoms with van der Waals surface area (Å²) in [6.07, 6.45) is 0.142. The fourth-order valence-electron chi connectivity index (χ4n) is 3.54. The Morgan fingerprint density at radius 1 is 1.20 bits per heavy atom. The highest BCUT2D eigenvalue weighted by Gasteiger charge is 2.49. The minimum Gasteiger partial charge on any atom is -0.481 e. The van der Waals surface area contributed by atoms with Crippen LogP contribution in [0.3, 0.4) is 0 Å². The Morgan fingerprint density at radius 3 is 2.55 bits per heavy atom. The first-order valence-corrected chi connectivity index (χ1v) is 6.46. The van der Waals surface area contributed by atoms with Crippen LogP contribution in [0.1, 0.15) is 23.5 Å². The summed E-state index contributed by atoms with van der Waals surface area (Å²) < 4.78 is 38.3. The van der Waals surface area contributed by atoms with E-state index in [4.69, 9.17) is 0 Å². The number of aliphatic carboxylic acids is 1. The maximum absolute atomic E-state index is 12.8. The smallest absolute Gasteiger partial charge is 0.416 e. The molecular weight excluding hydrogens is 269 g/mol. The van der Waals surface area contributed by atoms with E-state index in [-0.39, 0.29) is 17.8 Å². The van der Waals surface area contributed by atoms with Gasteiger partial charge in [0.25, 0.3) is 0 Å². The van der Waals surface area contributed by atoms with Gasteiger partial charge in [-0.05, 0) is 29.9 Å². The van der Waals surface area contributed by atoms with E-state index in [1.165, 1.54) is 6.07 Å². The molecule has 106 valence electrons. The van der Waals surface area contributed by atoms with Gasteiger partial charge < -0.3 is 5.11 Å². The van der Waals surface area contributed by atoms with Crippen molar-refractivity contribution in [3.05, 3.63) is 47.5 Å². The number of alkyl halides is 3. The quantitative estimate of drug-likeness (QED) is 0.840. The maximum Gasteiger partial charge on any atom is 0.416 e. The number of carboxylic acids is 1. The first-order valence-electron chi connectivity index (χ1n) is 6.46. The van der Waals surface area contributed by atoms with E-state index in [0.29, 0.717) is 5.56 Å². The van der Waals surface area contributed by atoms with Crippen molar-refractivity contribution in [2.45, 2.75) is 18.5 Å². The molecule has 1 saturated carbocycles. The summed E-state index contributed by atoms with van der Waals surface area (Å²) in [4.78, 5) is 11.4. The van der Waals surface area contributed by atoms with Gasteiger partial charge in [-0.2, -0.15) is 13.2 Å². The number of carbonyl (C=O) groups is 1. The molecule has 20 heavy (non-hydrogen) atoms. The van der Waals surface area contributed by atoms with Gasteiger partial charge in [0.1, 0.15) is 0 Å². The summed E-state index contributed by atoms with van der Waals surface area (Å²) >= 11 is 0. The van der Waals surface area contributed by atoms with E-state index in [2.05, 4.69) is 0 Å². The summed E-state index contributed by atoms with van der Waals surface area (Å²) in [6.45, 7) is 0. The molecule has 1 aromatic carbocycles. The van der Waals surface area contributed by atoms with Crippen LogP contribution in [0.4, 0.5) is 13.2 Å². The van der Waals surface area contributed by atoms with Crippen molar-refractivity contribution in [2.24, 2.45) is 17.8 Å². The molecule has 4 unspecified atom stereocenters. The van der Waals surface area contributed by atoms with Crippen molar-refractivity contribution in [1.82, 2.24) is 0 Å². The molecule has 1 N–H and O–H groups in total. The minimum atomic E-state index is -4.40. The van der Waals surface area contributed by atoms with E-state index in [9.17, 15) is 23.1 Å². The highest BCUT2D eigenvalue weighted by Crippen LogP contribution is 2.53. The fourth-order valence-corrected chi connectivity index (χ4v) is 3.54. The Labute approximate surface area is 113 Å². The van der Waals surface area contributed by atoms with Crippen molar-refractivity contribution >= 4 is 5.97 Å². The minimum absolute atomic E-state index is 0.0320. The molecule has 2 bridgehead atoms. The molecular formula is C15H13F3O2. The first-order chi connectivity index (χ1) is 9.38. The van der Waals surface area contributed by atoms with Crippen LogP contribution in [0.2, 0.25) is 0 Å². The zero-order valence-electron chi connectivity index (χ0n) is 10.5. The monoisotopic (exact) mass is 282 g/mol. The lowest BCUT2D eigenvalue weighted by molar-refractivity contribution is -0.143. The second kappa shape index (κ2) is 4.36. The van der Waals surface area contributed by atoms with Gasteiger partial charge in [0.05, 0.1) is 11.5 Å². The SMILES string of the molecule is O=C(O)C1C2C=CC(C2)C1c1cccc(C(F)(F)F)c1. The number of hydrogen-bond donors (Lipinski definition) is 1. The van der Waals surface area contributed by atoms with Crippen LogP contribution in [0, 0.1) is 17.8 Å². The second-order valence-electron chi connectivity index (χ2n) is 5.46. The van der Waals surface area contributed by atoms with E-state index >= 15 is 0 Å². The normalized spacial score (nSPS) is 31.8. The van der Waals surface area contributed by atoms with Gasteiger partial charge in [0, 0.05) is 5.92 Å². The predicted molar refractivity (Wildman–Crippen MR) is 66.0 cm³/mol. The second-order valence-corrected chi connectivity index (χ2v) is 5.46. The van der Waals surface area contributed by atoms with E-state index in [0.717, 1.165) is 18.6 Å². The van der Waals surface area contributed by atoms with Gasteiger partial charge in [-0.25, -0.2) is 0 Å². The number of benzene rings is 1. The van der Waals surface area contributed by atoms with Crippen molar-refractivity contribution in [3.63, 3.8) is 0 Å². The Bertz CT molecular complexity index is 577. The Hall–Kier alpha value is -1.78. The zero-order chi connectivity index (χ0) is 14.5. The van der Waals surface area contributed by atoms with Crippen LogP contribution >= 0.6 is 0 Å². The average molecular weight is 282 g/mol. The number of hydrogen-bond acceptors (Lipinski definition) is 1. The van der Waals surface area contributed by atoms with E-state index in [1.807, 2.05) is 12.2 Å². The average Bonchev–Trinajstić information content (AvgIpc) is 2.97. The third-order valence-corrected chi connectivity index (χ3v) is 4.34. The fraction of sp³-hybridized carbons (Fsp3) is 0.400. The van der Waals surface area contributed by atoms with Crippen LogP contribution in [-0.2, 0) is 11.0 Å². The van der Waals surface area contributed by atoms with Gasteiger partial charge in [-0.15, -0.1) is 0 Å². The number of rotatable bonds is 2. The topological polar surface area (TPSA) is 37.3 Å². The molecule has 1 fully saturated rings. The van der Waals surface area contributed by atoms with Crippen molar-refractivity contribution in [2.75, 3.05) is 0 Å². The Morgan fingerprint density at radius 2 is 1.90 bits per heavy atom. The highest BCUT2D eigenvalue weighted by atomic mass is 19.4. The predicted octanol–water partition coefficient (Wildman–Crippen LogP) is 3.70. The lowest BCUT2D eigenvalue weighted by atomic mass is 9.78. The molecule has 5 heteroatoms. The molecule has 1 aromatic rings. The molecule has 0 aliphatic heterocycles. The van der Waals surface area contributed by atoms with Crippen molar-refractivity contribution in [1.29, 1.82) is 0 Å². The Kier molecular flexibility index (Phi) is 2.88. The molecule has 0 saturated heterocycles. The third-order valence-electron chi connectivity index (χ3n) is 4.34. The summed E-state index contributed by atoms with van der Waals surface area (Å²) in [6, 6.07) is 5.06. The molecule has 3 rings (SSSR count). The van der Waals surface area contributed by atoms with Gasteiger partial charge in [0.15, 0.2) is 0 Å². The van der Waals surface area contributed by atoms with Gasteiger partial charge in [0.2, 0.25) is 0 Å². The number of halogens is 3. The third kappa shape index (κ3) is 2.01. The van der Waals surface area contributed by atoms with Gasteiger partial charge in [-0.3, -0.25) is 4.79 Å². The number of fused-ring (bicyclic) bond motifs is 2. The van der Waals surface area contributed by atoms with Crippen LogP contribution in [0.25, 0.3) is 0 Å². The lowest BCUT2D eigenvalue weighted by Gasteiger charge is -2.25. The maximum atomic E-state index is 12.8. The first kappa shape index (κ1) is 13.2. The molecule has 0 amide bonds. The van der Waals surface area contributed by atoms with Crippen LogP contribution in [-0.4, -0.2) is 11.1 Å². The lowest BCUT2D eigenvalue weighted by Crippen LogP contribution is -2.26. The molecule has 2 nitrogen and oxygen atoms in total. The summed E-state index contributed by atoms with van der Waals surface area (Å²) in [7, 11) is 0. The zero-order valence-corrected chi connectivity index (χ0v) is 10.5. The van der Waals surface area contributed by atoms with Crippen molar-refractivity contribution < 1.29 is 23.1 Å². The summed E-state index contributed by atoms with van der Waals surface area (Å²) in [5.74, 6) is -1.93. The van der Waals surface area contributed by atoms with E-state index in [1.54, 1.807) is 6.07 Å². The van der Waals surface area contributed by atoms with Crippen LogP contribution in [0.5, 0.6) is 0 Å².